The van der Waals surface area contributed by atoms with Crippen molar-refractivity contribution in [3.8, 4) is 5.75 Å². The van der Waals surface area contributed by atoms with Gasteiger partial charge in [0.05, 0.1) is 19.1 Å². The predicted octanol–water partition coefficient (Wildman–Crippen LogP) is 1.41. The Morgan fingerprint density at radius 1 is 1.38 bits per heavy atom. The Labute approximate surface area is 124 Å². The molecule has 2 aliphatic rings. The van der Waals surface area contributed by atoms with E-state index >= 15 is 0 Å². The van der Waals surface area contributed by atoms with E-state index in [0.29, 0.717) is 13.2 Å². The summed E-state index contributed by atoms with van der Waals surface area (Å²) >= 11 is 0. The Bertz CT molecular complexity index is 494. The topological polar surface area (TPSA) is 59.0 Å². The first kappa shape index (κ1) is 14.4. The number of likely N-dealkylation sites (N-methyl/N-ethyl adjacent to an activating group) is 1. The van der Waals surface area contributed by atoms with E-state index in [-0.39, 0.29) is 12.1 Å². The van der Waals surface area contributed by atoms with Crippen molar-refractivity contribution in [2.24, 2.45) is 5.92 Å². The minimum atomic E-state index is -0.772. The van der Waals surface area contributed by atoms with Crippen molar-refractivity contribution in [2.45, 2.75) is 25.5 Å². The largest absolute Gasteiger partial charge is 0.488 e. The van der Waals surface area contributed by atoms with Gasteiger partial charge in [-0.1, -0.05) is 25.1 Å². The van der Waals surface area contributed by atoms with E-state index in [2.05, 4.69) is 17.9 Å². The van der Waals surface area contributed by atoms with Crippen LogP contribution in [0.2, 0.25) is 0 Å². The quantitative estimate of drug-likeness (QED) is 0.889. The van der Waals surface area contributed by atoms with E-state index in [0.717, 1.165) is 25.3 Å². The molecule has 1 fully saturated rings. The van der Waals surface area contributed by atoms with Crippen LogP contribution >= 0.6 is 0 Å². The van der Waals surface area contributed by atoms with Crippen LogP contribution in [0.5, 0.6) is 5.75 Å². The molecule has 2 heterocycles. The summed E-state index contributed by atoms with van der Waals surface area (Å²) < 4.78 is 11.3. The van der Waals surface area contributed by atoms with Crippen molar-refractivity contribution in [2.75, 3.05) is 26.3 Å². The molecule has 3 rings (SSSR count). The minimum absolute atomic E-state index is 0.0557. The highest BCUT2D eigenvalue weighted by molar-refractivity contribution is 5.71. The van der Waals surface area contributed by atoms with Gasteiger partial charge >= 0.3 is 5.97 Å². The molecule has 0 saturated carbocycles. The summed E-state index contributed by atoms with van der Waals surface area (Å²) in [6, 6.07) is 8.02. The predicted molar refractivity (Wildman–Crippen MR) is 77.5 cm³/mol. The Morgan fingerprint density at radius 2 is 2.19 bits per heavy atom. The molecule has 0 aliphatic carbocycles. The van der Waals surface area contributed by atoms with Crippen LogP contribution in [0.1, 0.15) is 12.5 Å². The van der Waals surface area contributed by atoms with Crippen LogP contribution in [-0.4, -0.2) is 54.4 Å². The molecular formula is C16H21NO4. The summed E-state index contributed by atoms with van der Waals surface area (Å²) in [5.74, 6) is -0.253. The standard InChI is InChI=1S/C16H21NO4/c1-2-17(14-10-20-9-13(14)16(18)19)8-12-7-11-5-3-4-6-15(11)21-12/h3-6,12-14H,2,7-10H2,1H3,(H,18,19). The highest BCUT2D eigenvalue weighted by Gasteiger charge is 2.38. The minimum Gasteiger partial charge on any atom is -0.488 e. The molecule has 0 bridgehead atoms. The number of ether oxygens (including phenoxy) is 2. The lowest BCUT2D eigenvalue weighted by Gasteiger charge is -2.31. The van der Waals surface area contributed by atoms with Gasteiger partial charge in [0.25, 0.3) is 0 Å². The van der Waals surface area contributed by atoms with Crippen LogP contribution in [-0.2, 0) is 16.0 Å². The second-order valence-electron chi connectivity index (χ2n) is 5.69. The zero-order chi connectivity index (χ0) is 14.8. The van der Waals surface area contributed by atoms with Gasteiger partial charge in [0.2, 0.25) is 0 Å². The van der Waals surface area contributed by atoms with Gasteiger partial charge in [0.1, 0.15) is 11.9 Å². The molecule has 0 spiro atoms. The SMILES string of the molecule is CCN(CC1Cc2ccccc2O1)C1COCC1C(=O)O. The summed E-state index contributed by atoms with van der Waals surface area (Å²) in [6.07, 6.45) is 0.982. The third-order valence-electron chi connectivity index (χ3n) is 4.39. The van der Waals surface area contributed by atoms with E-state index in [4.69, 9.17) is 9.47 Å². The monoisotopic (exact) mass is 291 g/mol. The number of carboxylic acid groups (broad SMARTS) is 1. The van der Waals surface area contributed by atoms with Gasteiger partial charge < -0.3 is 14.6 Å². The number of benzene rings is 1. The van der Waals surface area contributed by atoms with E-state index in [1.807, 2.05) is 18.2 Å². The van der Waals surface area contributed by atoms with Crippen molar-refractivity contribution < 1.29 is 19.4 Å². The zero-order valence-electron chi connectivity index (χ0n) is 12.2. The Hall–Kier alpha value is -1.59. The van der Waals surface area contributed by atoms with Crippen molar-refractivity contribution in [3.05, 3.63) is 29.8 Å². The van der Waals surface area contributed by atoms with Gasteiger partial charge in [-0.2, -0.15) is 0 Å². The molecule has 1 N–H and O–H groups in total. The molecule has 0 aromatic heterocycles. The van der Waals surface area contributed by atoms with E-state index in [9.17, 15) is 9.90 Å². The first-order valence-electron chi connectivity index (χ1n) is 7.48. The Morgan fingerprint density at radius 3 is 2.90 bits per heavy atom. The number of para-hydroxylation sites is 1. The zero-order valence-corrected chi connectivity index (χ0v) is 12.2. The number of aliphatic carboxylic acids is 1. The third kappa shape index (κ3) is 2.89. The second kappa shape index (κ2) is 6.03. The summed E-state index contributed by atoms with van der Waals surface area (Å²) in [7, 11) is 0. The lowest BCUT2D eigenvalue weighted by molar-refractivity contribution is -0.143. The molecular weight excluding hydrogens is 270 g/mol. The van der Waals surface area contributed by atoms with Gasteiger partial charge in [-0.25, -0.2) is 0 Å². The smallest absolute Gasteiger partial charge is 0.310 e. The average molecular weight is 291 g/mol. The van der Waals surface area contributed by atoms with Crippen molar-refractivity contribution in [1.29, 1.82) is 0 Å². The molecule has 5 nitrogen and oxygen atoms in total. The van der Waals surface area contributed by atoms with Crippen LogP contribution in [0.3, 0.4) is 0 Å². The summed E-state index contributed by atoms with van der Waals surface area (Å²) in [5.41, 5.74) is 1.23. The number of carboxylic acids is 1. The van der Waals surface area contributed by atoms with Gasteiger partial charge in [-0.15, -0.1) is 0 Å². The molecule has 0 radical (unpaired) electrons. The molecule has 2 aliphatic heterocycles. The van der Waals surface area contributed by atoms with Crippen LogP contribution in [0.25, 0.3) is 0 Å². The molecule has 1 aromatic rings. The van der Waals surface area contributed by atoms with Crippen molar-refractivity contribution in [1.82, 2.24) is 4.90 Å². The van der Waals surface area contributed by atoms with E-state index in [1.165, 1.54) is 5.56 Å². The maximum atomic E-state index is 11.3. The van der Waals surface area contributed by atoms with E-state index < -0.39 is 11.9 Å². The van der Waals surface area contributed by atoms with E-state index in [1.54, 1.807) is 0 Å². The first-order valence-corrected chi connectivity index (χ1v) is 7.48. The molecule has 5 heteroatoms. The average Bonchev–Trinajstić information content (AvgIpc) is 3.10. The Balaban J connectivity index is 1.65. The van der Waals surface area contributed by atoms with Gasteiger partial charge in [-0.05, 0) is 18.2 Å². The number of rotatable bonds is 5. The fourth-order valence-electron chi connectivity index (χ4n) is 3.26. The lowest BCUT2D eigenvalue weighted by Crippen LogP contribution is -2.47. The van der Waals surface area contributed by atoms with Crippen molar-refractivity contribution >= 4 is 5.97 Å². The normalized spacial score (nSPS) is 27.6. The molecule has 3 atom stereocenters. The van der Waals surface area contributed by atoms with Gasteiger partial charge in [-0.3, -0.25) is 9.69 Å². The highest BCUT2D eigenvalue weighted by atomic mass is 16.5. The number of carbonyl (C=O) groups is 1. The maximum absolute atomic E-state index is 11.3. The molecule has 0 amide bonds. The van der Waals surface area contributed by atoms with Crippen LogP contribution in [0.15, 0.2) is 24.3 Å². The molecule has 3 unspecified atom stereocenters. The highest BCUT2D eigenvalue weighted by Crippen LogP contribution is 2.29. The maximum Gasteiger partial charge on any atom is 0.310 e. The fraction of sp³-hybridized carbons (Fsp3) is 0.562. The van der Waals surface area contributed by atoms with Gasteiger partial charge in [0.15, 0.2) is 0 Å². The number of hydrogen-bond donors (Lipinski definition) is 1. The fourth-order valence-corrected chi connectivity index (χ4v) is 3.26. The Kier molecular flexibility index (Phi) is 4.12. The number of nitrogens with zero attached hydrogens (tertiary/aromatic N) is 1. The third-order valence-corrected chi connectivity index (χ3v) is 4.39. The summed E-state index contributed by atoms with van der Waals surface area (Å²) in [4.78, 5) is 13.5. The second-order valence-corrected chi connectivity index (χ2v) is 5.69. The van der Waals surface area contributed by atoms with Crippen LogP contribution in [0.4, 0.5) is 0 Å². The molecule has 21 heavy (non-hydrogen) atoms. The van der Waals surface area contributed by atoms with Crippen molar-refractivity contribution in [3.63, 3.8) is 0 Å². The summed E-state index contributed by atoms with van der Waals surface area (Å²) in [6.45, 7) is 4.39. The summed E-state index contributed by atoms with van der Waals surface area (Å²) in [5, 5.41) is 9.29. The number of hydrogen-bond acceptors (Lipinski definition) is 4. The van der Waals surface area contributed by atoms with Crippen LogP contribution in [0, 0.1) is 5.92 Å². The lowest BCUT2D eigenvalue weighted by atomic mass is 10.0. The molecule has 114 valence electrons. The van der Waals surface area contributed by atoms with Crippen LogP contribution < -0.4 is 4.74 Å². The first-order chi connectivity index (χ1) is 10.2. The molecule has 1 saturated heterocycles. The van der Waals surface area contributed by atoms with Gasteiger partial charge in [0, 0.05) is 19.0 Å². The number of fused-ring (bicyclic) bond motifs is 1. The molecule has 1 aromatic carbocycles.